The third-order valence-corrected chi connectivity index (χ3v) is 3.57. The Labute approximate surface area is 99.8 Å². The zero-order chi connectivity index (χ0) is 10.7. The second kappa shape index (κ2) is 4.97. The van der Waals surface area contributed by atoms with Crippen LogP contribution in [-0.4, -0.2) is 17.6 Å². The molecule has 1 unspecified atom stereocenters. The second-order valence-corrected chi connectivity index (χ2v) is 5.00. The van der Waals surface area contributed by atoms with Crippen LogP contribution in [0.4, 0.5) is 5.82 Å². The fourth-order valence-electron chi connectivity index (χ4n) is 2.26. The summed E-state index contributed by atoms with van der Waals surface area (Å²) >= 11 is 3.42. The third kappa shape index (κ3) is 2.51. The van der Waals surface area contributed by atoms with E-state index in [4.69, 9.17) is 0 Å². The van der Waals surface area contributed by atoms with Crippen molar-refractivity contribution in [2.24, 2.45) is 0 Å². The van der Waals surface area contributed by atoms with Crippen molar-refractivity contribution in [3.8, 4) is 0 Å². The van der Waals surface area contributed by atoms with Gasteiger partial charge < -0.3 is 4.90 Å². The molecule has 0 saturated carbocycles. The van der Waals surface area contributed by atoms with Gasteiger partial charge in [-0.1, -0.05) is 6.92 Å². The number of halogens is 1. The molecule has 1 saturated heterocycles. The van der Waals surface area contributed by atoms with Crippen LogP contribution in [0.2, 0.25) is 0 Å². The molecule has 0 bridgehead atoms. The summed E-state index contributed by atoms with van der Waals surface area (Å²) in [4.78, 5) is 6.93. The summed E-state index contributed by atoms with van der Waals surface area (Å²) < 4.78 is 1.05. The predicted octanol–water partition coefficient (Wildman–Crippen LogP) is 3.61. The number of hydrogen-bond acceptors (Lipinski definition) is 2. The molecule has 0 spiro atoms. The Morgan fingerprint density at radius 3 is 3.00 bits per heavy atom. The average Bonchev–Trinajstić information content (AvgIpc) is 2.30. The molecule has 1 aromatic heterocycles. The number of nitrogens with zero attached hydrogens (tertiary/aromatic N) is 2. The standard InChI is InChI=1S/C12H17BrN2/c1-2-11-5-3-4-8-15(11)12-7-6-10(13)9-14-12/h6-7,9,11H,2-5,8H2,1H3. The van der Waals surface area contributed by atoms with Crippen LogP contribution in [0.25, 0.3) is 0 Å². The maximum absolute atomic E-state index is 4.48. The van der Waals surface area contributed by atoms with Crippen molar-refractivity contribution in [3.63, 3.8) is 0 Å². The Morgan fingerprint density at radius 2 is 2.33 bits per heavy atom. The molecule has 82 valence electrons. The molecule has 2 rings (SSSR count). The van der Waals surface area contributed by atoms with Gasteiger partial charge in [-0.3, -0.25) is 0 Å². The zero-order valence-electron chi connectivity index (χ0n) is 9.12. The molecule has 15 heavy (non-hydrogen) atoms. The highest BCUT2D eigenvalue weighted by Gasteiger charge is 2.21. The molecule has 3 heteroatoms. The normalized spacial score (nSPS) is 21.7. The van der Waals surface area contributed by atoms with E-state index in [1.165, 1.54) is 25.7 Å². The molecule has 0 N–H and O–H groups in total. The van der Waals surface area contributed by atoms with Gasteiger partial charge in [0.25, 0.3) is 0 Å². The minimum Gasteiger partial charge on any atom is -0.354 e. The van der Waals surface area contributed by atoms with E-state index in [2.05, 4.69) is 44.9 Å². The van der Waals surface area contributed by atoms with Gasteiger partial charge in [-0.15, -0.1) is 0 Å². The van der Waals surface area contributed by atoms with Gasteiger partial charge in [0.05, 0.1) is 0 Å². The molecule has 0 aliphatic carbocycles. The summed E-state index contributed by atoms with van der Waals surface area (Å²) in [5.74, 6) is 1.13. The van der Waals surface area contributed by atoms with E-state index in [0.29, 0.717) is 6.04 Å². The highest BCUT2D eigenvalue weighted by atomic mass is 79.9. The minimum atomic E-state index is 0.687. The van der Waals surface area contributed by atoms with Crippen LogP contribution in [0, 0.1) is 0 Å². The molecule has 0 aromatic carbocycles. The van der Waals surface area contributed by atoms with E-state index in [1.54, 1.807) is 0 Å². The summed E-state index contributed by atoms with van der Waals surface area (Å²) in [5.41, 5.74) is 0. The first-order valence-corrected chi connectivity index (χ1v) is 6.48. The second-order valence-electron chi connectivity index (χ2n) is 4.09. The number of pyridine rings is 1. The van der Waals surface area contributed by atoms with Crippen LogP contribution in [0.15, 0.2) is 22.8 Å². The van der Waals surface area contributed by atoms with Crippen molar-refractivity contribution in [2.45, 2.75) is 38.6 Å². The highest BCUT2D eigenvalue weighted by molar-refractivity contribution is 9.10. The molecule has 2 nitrogen and oxygen atoms in total. The number of hydrogen-bond donors (Lipinski definition) is 0. The predicted molar refractivity (Wildman–Crippen MR) is 67.2 cm³/mol. The summed E-state index contributed by atoms with van der Waals surface area (Å²) in [6, 6.07) is 4.87. The molecule has 1 aliphatic rings. The summed E-state index contributed by atoms with van der Waals surface area (Å²) in [7, 11) is 0. The number of aromatic nitrogens is 1. The number of rotatable bonds is 2. The molecule has 2 heterocycles. The molecular weight excluding hydrogens is 252 g/mol. The van der Waals surface area contributed by atoms with Crippen molar-refractivity contribution in [1.82, 2.24) is 4.98 Å². The highest BCUT2D eigenvalue weighted by Crippen LogP contribution is 2.25. The van der Waals surface area contributed by atoms with Crippen LogP contribution >= 0.6 is 15.9 Å². The van der Waals surface area contributed by atoms with Crippen molar-refractivity contribution >= 4 is 21.7 Å². The fourth-order valence-corrected chi connectivity index (χ4v) is 2.50. The van der Waals surface area contributed by atoms with Crippen LogP contribution in [0.1, 0.15) is 32.6 Å². The first-order valence-electron chi connectivity index (χ1n) is 5.69. The van der Waals surface area contributed by atoms with Crippen LogP contribution < -0.4 is 4.90 Å². The first kappa shape index (κ1) is 10.9. The molecule has 1 aromatic rings. The SMILES string of the molecule is CCC1CCCCN1c1ccc(Br)cn1. The van der Waals surface area contributed by atoms with Gasteiger partial charge >= 0.3 is 0 Å². The molecule has 1 atom stereocenters. The van der Waals surface area contributed by atoms with E-state index in [1.807, 2.05) is 6.20 Å². The smallest absolute Gasteiger partial charge is 0.128 e. The molecule has 0 amide bonds. The van der Waals surface area contributed by atoms with Gasteiger partial charge in [0, 0.05) is 23.3 Å². The van der Waals surface area contributed by atoms with E-state index in [9.17, 15) is 0 Å². The van der Waals surface area contributed by atoms with E-state index in [-0.39, 0.29) is 0 Å². The van der Waals surface area contributed by atoms with Crippen molar-refractivity contribution in [2.75, 3.05) is 11.4 Å². The van der Waals surface area contributed by atoms with Crippen molar-refractivity contribution in [1.29, 1.82) is 0 Å². The lowest BCUT2D eigenvalue weighted by Crippen LogP contribution is -2.39. The molecular formula is C12H17BrN2. The van der Waals surface area contributed by atoms with E-state index >= 15 is 0 Å². The first-order chi connectivity index (χ1) is 7.31. The topological polar surface area (TPSA) is 16.1 Å². The van der Waals surface area contributed by atoms with Gasteiger partial charge in [0.1, 0.15) is 5.82 Å². The average molecular weight is 269 g/mol. The van der Waals surface area contributed by atoms with Gasteiger partial charge in [-0.2, -0.15) is 0 Å². The summed E-state index contributed by atoms with van der Waals surface area (Å²) in [6.45, 7) is 3.43. The lowest BCUT2D eigenvalue weighted by atomic mass is 10.00. The van der Waals surface area contributed by atoms with E-state index < -0.39 is 0 Å². The molecule has 0 radical (unpaired) electrons. The van der Waals surface area contributed by atoms with Gasteiger partial charge in [0.2, 0.25) is 0 Å². The van der Waals surface area contributed by atoms with Gasteiger partial charge in [-0.05, 0) is 53.7 Å². The molecule has 1 aliphatic heterocycles. The Balaban J connectivity index is 2.16. The van der Waals surface area contributed by atoms with Crippen LogP contribution in [-0.2, 0) is 0 Å². The van der Waals surface area contributed by atoms with Crippen LogP contribution in [0.5, 0.6) is 0 Å². The fraction of sp³-hybridized carbons (Fsp3) is 0.583. The van der Waals surface area contributed by atoms with Gasteiger partial charge in [0.15, 0.2) is 0 Å². The Bertz CT molecular complexity index is 310. The lowest BCUT2D eigenvalue weighted by Gasteiger charge is -2.36. The monoisotopic (exact) mass is 268 g/mol. The minimum absolute atomic E-state index is 0.687. The number of anilines is 1. The van der Waals surface area contributed by atoms with Crippen molar-refractivity contribution in [3.05, 3.63) is 22.8 Å². The summed E-state index contributed by atoms with van der Waals surface area (Å²) in [5, 5.41) is 0. The Hall–Kier alpha value is -0.570. The lowest BCUT2D eigenvalue weighted by molar-refractivity contribution is 0.447. The number of piperidine rings is 1. The maximum Gasteiger partial charge on any atom is 0.128 e. The van der Waals surface area contributed by atoms with Gasteiger partial charge in [-0.25, -0.2) is 4.98 Å². The molecule has 1 fully saturated rings. The largest absolute Gasteiger partial charge is 0.354 e. The Morgan fingerprint density at radius 1 is 1.47 bits per heavy atom. The Kier molecular flexibility index (Phi) is 3.62. The maximum atomic E-state index is 4.48. The van der Waals surface area contributed by atoms with E-state index in [0.717, 1.165) is 16.8 Å². The van der Waals surface area contributed by atoms with Crippen molar-refractivity contribution < 1.29 is 0 Å². The third-order valence-electron chi connectivity index (χ3n) is 3.10. The zero-order valence-corrected chi connectivity index (χ0v) is 10.7. The quantitative estimate of drug-likeness (QED) is 0.815. The van der Waals surface area contributed by atoms with Crippen LogP contribution in [0.3, 0.4) is 0 Å². The summed E-state index contributed by atoms with van der Waals surface area (Å²) in [6.07, 6.45) is 7.09.